The van der Waals surface area contributed by atoms with Crippen molar-refractivity contribution in [2.45, 2.75) is 52.1 Å². The average molecular weight is 405 g/mol. The van der Waals surface area contributed by atoms with E-state index in [0.717, 1.165) is 16.9 Å². The van der Waals surface area contributed by atoms with Crippen LogP contribution in [0.15, 0.2) is 42.5 Å². The molecule has 2 aromatic rings. The molecule has 0 atom stereocenters. The average Bonchev–Trinajstić information content (AvgIpc) is 2.60. The largest absolute Gasteiger partial charge is 0.496 e. The van der Waals surface area contributed by atoms with E-state index >= 15 is 0 Å². The molecular formula is C25H32OSi2. The molecule has 0 aliphatic rings. The first-order valence-corrected chi connectivity index (χ1v) is 16.8. The fourth-order valence-corrected chi connectivity index (χ4v) is 4.12. The molecule has 146 valence electrons. The first-order valence-electron chi connectivity index (χ1n) is 9.84. The zero-order valence-electron chi connectivity index (χ0n) is 18.4. The van der Waals surface area contributed by atoms with Gasteiger partial charge in [-0.3, -0.25) is 0 Å². The Morgan fingerprint density at radius 1 is 0.714 bits per heavy atom. The topological polar surface area (TPSA) is 9.23 Å². The highest BCUT2D eigenvalue weighted by molar-refractivity contribution is 6.84. The summed E-state index contributed by atoms with van der Waals surface area (Å²) >= 11 is 0. The Bertz CT molecular complexity index is 869. The minimum Gasteiger partial charge on any atom is -0.496 e. The van der Waals surface area contributed by atoms with Crippen molar-refractivity contribution in [2.24, 2.45) is 0 Å². The van der Waals surface area contributed by atoms with Gasteiger partial charge in [0.05, 0.1) is 7.11 Å². The zero-order chi connectivity index (χ0) is 20.8. The van der Waals surface area contributed by atoms with Crippen LogP contribution in [-0.2, 0) is 12.8 Å². The van der Waals surface area contributed by atoms with E-state index in [-0.39, 0.29) is 0 Å². The third-order valence-corrected chi connectivity index (χ3v) is 5.89. The molecule has 0 fully saturated rings. The van der Waals surface area contributed by atoms with Gasteiger partial charge in [-0.15, -0.1) is 22.9 Å². The molecule has 0 aromatic heterocycles. The summed E-state index contributed by atoms with van der Waals surface area (Å²) in [5, 5.41) is 0. The van der Waals surface area contributed by atoms with E-state index < -0.39 is 16.1 Å². The molecule has 0 spiro atoms. The molecule has 0 saturated heterocycles. The lowest BCUT2D eigenvalue weighted by Gasteiger charge is -2.15. The first kappa shape index (κ1) is 22.1. The summed E-state index contributed by atoms with van der Waals surface area (Å²) in [6.45, 7) is 13.6. The van der Waals surface area contributed by atoms with Gasteiger partial charge in [-0.25, -0.2) is 0 Å². The summed E-state index contributed by atoms with van der Waals surface area (Å²) in [6, 6.07) is 15.0. The summed E-state index contributed by atoms with van der Waals surface area (Å²) in [7, 11) is -1.03. The number of hydrogen-bond donors (Lipinski definition) is 0. The highest BCUT2D eigenvalue weighted by atomic mass is 28.3. The molecule has 1 nitrogen and oxygen atoms in total. The third kappa shape index (κ3) is 7.08. The van der Waals surface area contributed by atoms with Crippen LogP contribution in [0.4, 0.5) is 0 Å². The Hall–Kier alpha value is -2.21. The summed E-state index contributed by atoms with van der Waals surface area (Å²) in [5.41, 5.74) is 11.7. The Kier molecular flexibility index (Phi) is 7.36. The van der Waals surface area contributed by atoms with Gasteiger partial charge >= 0.3 is 0 Å². The second kappa shape index (κ2) is 9.33. The summed E-state index contributed by atoms with van der Waals surface area (Å²) in [5.74, 6) is 7.75. The van der Waals surface area contributed by atoms with Gasteiger partial charge in [-0.1, -0.05) is 69.6 Å². The summed E-state index contributed by atoms with van der Waals surface area (Å²) in [4.78, 5) is 0. The van der Waals surface area contributed by atoms with Crippen molar-refractivity contribution in [1.82, 2.24) is 0 Å². The van der Waals surface area contributed by atoms with E-state index in [1.165, 1.54) is 11.1 Å². The standard InChI is InChI=1S/C25H32OSi2/c1-26-25-22(15-11-17-27(2,3)4)19-24(21-13-9-8-10-14-21)20-23(25)16-12-18-28(5,6)7/h8-10,13-14,19-20H,15-16H2,1-7H3. The van der Waals surface area contributed by atoms with Crippen molar-refractivity contribution >= 4 is 16.1 Å². The lowest BCUT2D eigenvalue weighted by Crippen LogP contribution is -2.16. The molecule has 28 heavy (non-hydrogen) atoms. The van der Waals surface area contributed by atoms with E-state index in [4.69, 9.17) is 4.74 Å². The van der Waals surface area contributed by atoms with Crippen LogP contribution in [0.1, 0.15) is 11.1 Å². The number of hydrogen-bond acceptors (Lipinski definition) is 1. The van der Waals surface area contributed by atoms with Crippen LogP contribution in [0.5, 0.6) is 5.75 Å². The number of rotatable bonds is 4. The molecular weight excluding hydrogens is 372 g/mol. The maximum absolute atomic E-state index is 5.82. The highest BCUT2D eigenvalue weighted by Crippen LogP contribution is 2.31. The Balaban J connectivity index is 2.52. The number of benzene rings is 2. The van der Waals surface area contributed by atoms with Crippen molar-refractivity contribution in [3.05, 3.63) is 53.6 Å². The van der Waals surface area contributed by atoms with Gasteiger partial charge in [-0.2, -0.15) is 0 Å². The number of ether oxygens (including phenoxy) is 1. The van der Waals surface area contributed by atoms with Gasteiger partial charge in [0.25, 0.3) is 0 Å². The van der Waals surface area contributed by atoms with Crippen LogP contribution in [-0.4, -0.2) is 23.3 Å². The monoisotopic (exact) mass is 404 g/mol. The molecule has 0 aliphatic carbocycles. The molecule has 0 radical (unpaired) electrons. The molecule has 2 rings (SSSR count). The van der Waals surface area contributed by atoms with Crippen molar-refractivity contribution in [1.29, 1.82) is 0 Å². The van der Waals surface area contributed by atoms with Crippen LogP contribution in [0.25, 0.3) is 11.1 Å². The van der Waals surface area contributed by atoms with Gasteiger partial charge < -0.3 is 4.74 Å². The summed E-state index contributed by atoms with van der Waals surface area (Å²) in [6.07, 6.45) is 1.42. The van der Waals surface area contributed by atoms with Crippen LogP contribution in [0.3, 0.4) is 0 Å². The smallest absolute Gasteiger partial charge is 0.129 e. The fourth-order valence-electron chi connectivity index (χ4n) is 2.89. The van der Waals surface area contributed by atoms with Crippen molar-refractivity contribution < 1.29 is 4.74 Å². The molecule has 0 amide bonds. The maximum atomic E-state index is 5.82. The van der Waals surface area contributed by atoms with Crippen molar-refractivity contribution in [3.63, 3.8) is 0 Å². The Morgan fingerprint density at radius 3 is 1.57 bits per heavy atom. The van der Waals surface area contributed by atoms with Crippen LogP contribution < -0.4 is 4.74 Å². The molecule has 0 N–H and O–H groups in total. The minimum absolute atomic E-state index is 0.711. The molecule has 0 heterocycles. The fraction of sp³-hybridized carbons (Fsp3) is 0.360. The van der Waals surface area contributed by atoms with Gasteiger partial charge in [0.15, 0.2) is 0 Å². The van der Waals surface area contributed by atoms with Crippen LogP contribution in [0, 0.1) is 22.9 Å². The SMILES string of the molecule is COc1c(CC#C[Si](C)(C)C)cc(-c2ccccc2)cc1CC#C[Si](C)(C)C. The second-order valence-corrected chi connectivity index (χ2v) is 18.7. The van der Waals surface area contributed by atoms with Crippen LogP contribution in [0.2, 0.25) is 39.3 Å². The van der Waals surface area contributed by atoms with E-state index in [0.29, 0.717) is 12.8 Å². The number of methoxy groups -OCH3 is 1. The zero-order valence-corrected chi connectivity index (χ0v) is 20.4. The van der Waals surface area contributed by atoms with Crippen molar-refractivity contribution in [2.75, 3.05) is 7.11 Å². The minimum atomic E-state index is -1.39. The van der Waals surface area contributed by atoms with Gasteiger partial charge in [0.2, 0.25) is 0 Å². The van der Waals surface area contributed by atoms with Gasteiger partial charge in [0.1, 0.15) is 21.9 Å². The van der Waals surface area contributed by atoms with E-state index in [9.17, 15) is 0 Å². The van der Waals surface area contributed by atoms with E-state index in [2.05, 4.69) is 98.6 Å². The molecule has 2 aromatic carbocycles. The van der Waals surface area contributed by atoms with E-state index in [1.807, 2.05) is 6.07 Å². The van der Waals surface area contributed by atoms with Gasteiger partial charge in [-0.05, 0) is 23.3 Å². The maximum Gasteiger partial charge on any atom is 0.129 e. The summed E-state index contributed by atoms with van der Waals surface area (Å²) < 4.78 is 5.82. The lowest BCUT2D eigenvalue weighted by molar-refractivity contribution is 0.407. The van der Waals surface area contributed by atoms with Crippen LogP contribution >= 0.6 is 0 Å². The molecule has 0 aliphatic heterocycles. The predicted molar refractivity (Wildman–Crippen MR) is 128 cm³/mol. The second-order valence-electron chi connectivity index (χ2n) is 9.15. The highest BCUT2D eigenvalue weighted by Gasteiger charge is 2.13. The van der Waals surface area contributed by atoms with Crippen molar-refractivity contribution in [3.8, 4) is 39.8 Å². The molecule has 0 saturated carbocycles. The Morgan fingerprint density at radius 2 is 1.18 bits per heavy atom. The Labute approximate surface area is 173 Å². The third-order valence-electron chi connectivity index (χ3n) is 4.04. The first-order chi connectivity index (χ1) is 13.1. The molecule has 3 heteroatoms. The van der Waals surface area contributed by atoms with E-state index in [1.54, 1.807) is 7.11 Å². The quantitative estimate of drug-likeness (QED) is 0.435. The molecule has 0 unspecified atom stereocenters. The normalized spacial score (nSPS) is 11.1. The predicted octanol–water partition coefficient (Wildman–Crippen LogP) is 6.21. The lowest BCUT2D eigenvalue weighted by atomic mass is 9.96. The van der Waals surface area contributed by atoms with Gasteiger partial charge in [0, 0.05) is 24.0 Å². The molecule has 0 bridgehead atoms.